The van der Waals surface area contributed by atoms with Crippen LogP contribution in [0, 0.1) is 0 Å². The summed E-state index contributed by atoms with van der Waals surface area (Å²) < 4.78 is 27.7. The van der Waals surface area contributed by atoms with E-state index in [2.05, 4.69) is 34.8 Å². The van der Waals surface area contributed by atoms with Crippen LogP contribution >= 0.6 is 0 Å². The SMILES string of the molecule is CN(C)CCc1c[nH]c2ccc(CN3CCNS3(=O)=O)cc12. The fourth-order valence-electron chi connectivity index (χ4n) is 2.75. The molecule has 0 unspecified atom stereocenters. The van der Waals surface area contributed by atoms with E-state index in [4.69, 9.17) is 0 Å². The van der Waals surface area contributed by atoms with Crippen molar-refractivity contribution in [3.8, 4) is 0 Å². The largest absolute Gasteiger partial charge is 0.361 e. The van der Waals surface area contributed by atoms with Gasteiger partial charge in [-0.25, -0.2) is 4.72 Å². The van der Waals surface area contributed by atoms with Gasteiger partial charge in [-0.3, -0.25) is 0 Å². The third-order valence-electron chi connectivity index (χ3n) is 4.00. The molecule has 0 amide bonds. The van der Waals surface area contributed by atoms with Crippen LogP contribution in [0.1, 0.15) is 11.1 Å². The molecular formula is C15H22N4O2S. The van der Waals surface area contributed by atoms with Crippen LogP contribution in [-0.2, 0) is 23.2 Å². The monoisotopic (exact) mass is 322 g/mol. The van der Waals surface area contributed by atoms with Crippen LogP contribution in [-0.4, -0.2) is 56.3 Å². The van der Waals surface area contributed by atoms with Gasteiger partial charge in [-0.15, -0.1) is 0 Å². The van der Waals surface area contributed by atoms with Crippen molar-refractivity contribution in [2.75, 3.05) is 33.7 Å². The van der Waals surface area contributed by atoms with Crippen molar-refractivity contribution in [1.29, 1.82) is 0 Å². The van der Waals surface area contributed by atoms with E-state index in [1.54, 1.807) is 0 Å². The third-order valence-corrected chi connectivity index (χ3v) is 5.57. The number of hydrogen-bond acceptors (Lipinski definition) is 3. The molecule has 1 aromatic carbocycles. The quantitative estimate of drug-likeness (QED) is 0.860. The molecule has 120 valence electrons. The summed E-state index contributed by atoms with van der Waals surface area (Å²) in [7, 11) is 0.834. The predicted octanol–water partition coefficient (Wildman–Crippen LogP) is 0.922. The summed E-state index contributed by atoms with van der Waals surface area (Å²) in [5, 5.41) is 1.18. The van der Waals surface area contributed by atoms with Crippen molar-refractivity contribution in [2.24, 2.45) is 0 Å². The van der Waals surface area contributed by atoms with Gasteiger partial charge < -0.3 is 9.88 Å². The van der Waals surface area contributed by atoms with Gasteiger partial charge in [0.25, 0.3) is 10.2 Å². The number of benzene rings is 1. The standard InChI is InChI=1S/C15H22N4O2S/c1-18(2)7-5-13-10-16-15-4-3-12(9-14(13)15)11-19-8-6-17-22(19,20)21/h3-4,9-10,16-17H,5-8,11H2,1-2H3. The maximum Gasteiger partial charge on any atom is 0.279 e. The number of H-pyrrole nitrogens is 1. The average Bonchev–Trinajstić information content (AvgIpc) is 3.00. The molecular weight excluding hydrogens is 300 g/mol. The lowest BCUT2D eigenvalue weighted by molar-refractivity contribution is 0.414. The molecule has 0 atom stereocenters. The molecule has 3 rings (SSSR count). The molecule has 1 aromatic heterocycles. The molecule has 2 aromatic rings. The van der Waals surface area contributed by atoms with Gasteiger partial charge in [0.05, 0.1) is 0 Å². The summed E-state index contributed by atoms with van der Waals surface area (Å²) in [5.41, 5.74) is 3.39. The normalized spacial score (nSPS) is 18.5. The summed E-state index contributed by atoms with van der Waals surface area (Å²) in [5.74, 6) is 0. The lowest BCUT2D eigenvalue weighted by Crippen LogP contribution is -2.29. The highest BCUT2D eigenvalue weighted by atomic mass is 32.2. The second-order valence-corrected chi connectivity index (χ2v) is 7.74. The van der Waals surface area contributed by atoms with Gasteiger partial charge in [0.15, 0.2) is 0 Å². The Morgan fingerprint density at radius 3 is 2.82 bits per heavy atom. The molecule has 7 heteroatoms. The maximum atomic E-state index is 11.8. The Labute approximate surface area is 131 Å². The van der Waals surface area contributed by atoms with E-state index in [9.17, 15) is 8.42 Å². The van der Waals surface area contributed by atoms with Crippen molar-refractivity contribution < 1.29 is 8.42 Å². The van der Waals surface area contributed by atoms with Gasteiger partial charge in [-0.2, -0.15) is 12.7 Å². The lowest BCUT2D eigenvalue weighted by Gasteiger charge is -2.13. The highest BCUT2D eigenvalue weighted by Crippen LogP contribution is 2.22. The van der Waals surface area contributed by atoms with Crippen molar-refractivity contribution in [3.05, 3.63) is 35.5 Å². The highest BCUT2D eigenvalue weighted by molar-refractivity contribution is 7.87. The van der Waals surface area contributed by atoms with Crippen LogP contribution < -0.4 is 4.72 Å². The fourth-order valence-corrected chi connectivity index (χ4v) is 3.94. The van der Waals surface area contributed by atoms with Crippen LogP contribution in [0.15, 0.2) is 24.4 Å². The predicted molar refractivity (Wildman–Crippen MR) is 87.9 cm³/mol. The molecule has 2 N–H and O–H groups in total. The molecule has 1 fully saturated rings. The summed E-state index contributed by atoms with van der Waals surface area (Å²) >= 11 is 0. The average molecular weight is 322 g/mol. The zero-order chi connectivity index (χ0) is 15.7. The molecule has 0 spiro atoms. The number of rotatable bonds is 5. The third kappa shape index (κ3) is 3.17. The fraction of sp³-hybridized carbons (Fsp3) is 0.467. The van der Waals surface area contributed by atoms with Crippen LogP contribution in [0.2, 0.25) is 0 Å². The first kappa shape index (κ1) is 15.5. The topological polar surface area (TPSA) is 68.4 Å². The van der Waals surface area contributed by atoms with Gasteiger partial charge >= 0.3 is 0 Å². The summed E-state index contributed by atoms with van der Waals surface area (Å²) in [6, 6.07) is 6.12. The number of aromatic nitrogens is 1. The van der Waals surface area contributed by atoms with Crippen LogP contribution in [0.5, 0.6) is 0 Å². The second kappa shape index (κ2) is 6.00. The first-order valence-corrected chi connectivity index (χ1v) is 8.88. The van der Waals surface area contributed by atoms with Crippen LogP contribution in [0.25, 0.3) is 10.9 Å². The second-order valence-electron chi connectivity index (χ2n) is 5.98. The summed E-state index contributed by atoms with van der Waals surface area (Å²) in [4.78, 5) is 5.44. The minimum Gasteiger partial charge on any atom is -0.361 e. The number of nitrogens with one attached hydrogen (secondary N) is 2. The number of nitrogens with zero attached hydrogens (tertiary/aromatic N) is 2. The number of aromatic amines is 1. The van der Waals surface area contributed by atoms with E-state index >= 15 is 0 Å². The summed E-state index contributed by atoms with van der Waals surface area (Å²) in [6.07, 6.45) is 3.02. The van der Waals surface area contributed by atoms with Gasteiger partial charge in [0.2, 0.25) is 0 Å². The van der Waals surface area contributed by atoms with E-state index in [1.807, 2.05) is 18.3 Å². The van der Waals surface area contributed by atoms with Crippen LogP contribution in [0.3, 0.4) is 0 Å². The smallest absolute Gasteiger partial charge is 0.279 e. The first-order chi connectivity index (χ1) is 10.5. The molecule has 0 bridgehead atoms. The molecule has 1 aliphatic rings. The minimum atomic E-state index is -3.29. The number of hydrogen-bond donors (Lipinski definition) is 2. The Balaban J connectivity index is 1.84. The Morgan fingerprint density at radius 1 is 1.32 bits per heavy atom. The lowest BCUT2D eigenvalue weighted by atomic mass is 10.1. The first-order valence-electron chi connectivity index (χ1n) is 7.44. The van der Waals surface area contributed by atoms with Gasteiger partial charge in [0.1, 0.15) is 0 Å². The molecule has 0 aliphatic carbocycles. The number of likely N-dealkylation sites (N-methyl/N-ethyl adjacent to an activating group) is 1. The van der Waals surface area contributed by atoms with E-state index in [1.165, 1.54) is 15.3 Å². The number of fused-ring (bicyclic) bond motifs is 1. The van der Waals surface area contributed by atoms with E-state index < -0.39 is 10.2 Å². The molecule has 2 heterocycles. The molecule has 0 saturated carbocycles. The van der Waals surface area contributed by atoms with E-state index in [-0.39, 0.29) is 0 Å². The molecule has 6 nitrogen and oxygen atoms in total. The van der Waals surface area contributed by atoms with Gasteiger partial charge in [-0.05, 0) is 43.8 Å². The Bertz CT molecular complexity index is 767. The Morgan fingerprint density at radius 2 is 2.14 bits per heavy atom. The minimum absolute atomic E-state index is 0.420. The van der Waals surface area contributed by atoms with E-state index in [0.717, 1.165) is 24.0 Å². The Hall–Kier alpha value is -1.41. The van der Waals surface area contributed by atoms with Crippen molar-refractivity contribution in [1.82, 2.24) is 18.9 Å². The van der Waals surface area contributed by atoms with Gasteiger partial charge in [-0.1, -0.05) is 6.07 Å². The molecule has 0 radical (unpaired) electrons. The van der Waals surface area contributed by atoms with E-state index in [0.29, 0.717) is 19.6 Å². The summed E-state index contributed by atoms with van der Waals surface area (Å²) in [6.45, 7) is 2.43. The molecule has 1 aliphatic heterocycles. The van der Waals surface area contributed by atoms with Crippen molar-refractivity contribution >= 4 is 21.1 Å². The zero-order valence-corrected chi connectivity index (χ0v) is 13.8. The maximum absolute atomic E-state index is 11.8. The zero-order valence-electron chi connectivity index (χ0n) is 13.0. The van der Waals surface area contributed by atoms with Crippen molar-refractivity contribution in [3.63, 3.8) is 0 Å². The molecule has 22 heavy (non-hydrogen) atoms. The molecule has 1 saturated heterocycles. The van der Waals surface area contributed by atoms with Crippen molar-refractivity contribution in [2.45, 2.75) is 13.0 Å². The van der Waals surface area contributed by atoms with Crippen LogP contribution in [0.4, 0.5) is 0 Å². The Kier molecular flexibility index (Phi) is 4.22. The highest BCUT2D eigenvalue weighted by Gasteiger charge is 2.27. The van der Waals surface area contributed by atoms with Gasteiger partial charge in [0, 0.05) is 43.3 Å².